The SMILES string of the molecule is NC(c1ccc(F)c(C(F)(F)F)c1)c1nc2c(s1)CCC2. The molecule has 1 atom stereocenters. The molecular formula is C14H12F4N2S. The van der Waals surface area contributed by atoms with Gasteiger partial charge in [0.2, 0.25) is 0 Å². The monoisotopic (exact) mass is 316 g/mol. The Morgan fingerprint density at radius 1 is 1.24 bits per heavy atom. The number of benzene rings is 1. The van der Waals surface area contributed by atoms with Crippen LogP contribution < -0.4 is 5.73 Å². The number of thiazole rings is 1. The highest BCUT2D eigenvalue weighted by molar-refractivity contribution is 7.11. The second kappa shape index (κ2) is 5.06. The Morgan fingerprint density at radius 3 is 2.67 bits per heavy atom. The second-order valence-corrected chi connectivity index (χ2v) is 6.11. The highest BCUT2D eigenvalue weighted by Crippen LogP contribution is 2.36. The highest BCUT2D eigenvalue weighted by Gasteiger charge is 2.35. The second-order valence-electron chi connectivity index (χ2n) is 4.99. The third-order valence-electron chi connectivity index (χ3n) is 3.53. The minimum Gasteiger partial charge on any atom is -0.318 e. The Morgan fingerprint density at radius 2 is 2.00 bits per heavy atom. The highest BCUT2D eigenvalue weighted by atomic mass is 32.1. The van der Waals surface area contributed by atoms with Gasteiger partial charge >= 0.3 is 6.18 Å². The van der Waals surface area contributed by atoms with Gasteiger partial charge in [-0.15, -0.1) is 11.3 Å². The van der Waals surface area contributed by atoms with E-state index in [0.29, 0.717) is 5.01 Å². The predicted molar refractivity (Wildman–Crippen MR) is 71.6 cm³/mol. The third kappa shape index (κ3) is 2.67. The molecule has 0 amide bonds. The Balaban J connectivity index is 1.95. The molecule has 1 aliphatic rings. The van der Waals surface area contributed by atoms with E-state index in [1.165, 1.54) is 17.4 Å². The number of hydrogen-bond acceptors (Lipinski definition) is 3. The fraction of sp³-hybridized carbons (Fsp3) is 0.357. The van der Waals surface area contributed by atoms with E-state index in [2.05, 4.69) is 4.98 Å². The van der Waals surface area contributed by atoms with Crippen molar-refractivity contribution in [3.8, 4) is 0 Å². The lowest BCUT2D eigenvalue weighted by Crippen LogP contribution is -2.15. The minimum atomic E-state index is -4.73. The van der Waals surface area contributed by atoms with E-state index in [4.69, 9.17) is 5.73 Å². The zero-order chi connectivity index (χ0) is 15.2. The third-order valence-corrected chi connectivity index (χ3v) is 4.77. The number of aryl methyl sites for hydroxylation is 2. The van der Waals surface area contributed by atoms with E-state index < -0.39 is 23.6 Å². The maximum Gasteiger partial charge on any atom is 0.419 e. The quantitative estimate of drug-likeness (QED) is 0.855. The normalized spacial score (nSPS) is 16.0. The Hall–Kier alpha value is -1.47. The molecule has 0 radical (unpaired) electrons. The summed E-state index contributed by atoms with van der Waals surface area (Å²) in [7, 11) is 0. The summed E-state index contributed by atoms with van der Waals surface area (Å²) in [4.78, 5) is 5.55. The molecule has 112 valence electrons. The van der Waals surface area contributed by atoms with Crippen LogP contribution in [0.2, 0.25) is 0 Å². The van der Waals surface area contributed by atoms with Crippen molar-refractivity contribution in [1.82, 2.24) is 4.98 Å². The first kappa shape index (κ1) is 14.5. The molecule has 0 saturated carbocycles. The molecule has 0 aliphatic heterocycles. The van der Waals surface area contributed by atoms with Crippen molar-refractivity contribution in [3.05, 3.63) is 50.7 Å². The van der Waals surface area contributed by atoms with Gasteiger partial charge in [0.25, 0.3) is 0 Å². The maximum atomic E-state index is 13.3. The number of nitrogens with zero attached hydrogens (tertiary/aromatic N) is 1. The van der Waals surface area contributed by atoms with Gasteiger partial charge in [0, 0.05) is 4.88 Å². The number of nitrogens with two attached hydrogens (primary N) is 1. The van der Waals surface area contributed by atoms with Crippen molar-refractivity contribution >= 4 is 11.3 Å². The molecule has 1 aromatic heterocycles. The van der Waals surface area contributed by atoms with Crippen LogP contribution in [0, 0.1) is 5.82 Å². The van der Waals surface area contributed by atoms with Crippen molar-refractivity contribution in [2.45, 2.75) is 31.5 Å². The molecule has 1 heterocycles. The van der Waals surface area contributed by atoms with E-state index in [0.717, 1.165) is 42.0 Å². The Labute approximate surface area is 122 Å². The number of hydrogen-bond donors (Lipinski definition) is 1. The van der Waals surface area contributed by atoms with Gasteiger partial charge in [-0.05, 0) is 37.0 Å². The summed E-state index contributed by atoms with van der Waals surface area (Å²) in [6, 6.07) is 2.09. The minimum absolute atomic E-state index is 0.219. The summed E-state index contributed by atoms with van der Waals surface area (Å²) in [6.07, 6.45) is -1.85. The summed E-state index contributed by atoms with van der Waals surface area (Å²) in [6.45, 7) is 0. The smallest absolute Gasteiger partial charge is 0.318 e. The zero-order valence-electron chi connectivity index (χ0n) is 10.9. The molecular weight excluding hydrogens is 304 g/mol. The summed E-state index contributed by atoms with van der Waals surface area (Å²) < 4.78 is 51.5. The molecule has 1 aliphatic carbocycles. The van der Waals surface area contributed by atoms with Crippen molar-refractivity contribution in [2.24, 2.45) is 5.73 Å². The van der Waals surface area contributed by atoms with Crippen LogP contribution in [0.25, 0.3) is 0 Å². The average molecular weight is 316 g/mol. The number of aromatic nitrogens is 1. The van der Waals surface area contributed by atoms with Crippen LogP contribution in [0.5, 0.6) is 0 Å². The van der Waals surface area contributed by atoms with Crippen LogP contribution in [-0.4, -0.2) is 4.98 Å². The fourth-order valence-electron chi connectivity index (χ4n) is 2.44. The van der Waals surface area contributed by atoms with E-state index in [1.54, 1.807) is 0 Å². The molecule has 7 heteroatoms. The van der Waals surface area contributed by atoms with Gasteiger partial charge in [-0.2, -0.15) is 13.2 Å². The molecule has 1 unspecified atom stereocenters. The molecule has 3 rings (SSSR count). The lowest BCUT2D eigenvalue weighted by atomic mass is 10.0. The number of alkyl halides is 3. The van der Waals surface area contributed by atoms with Gasteiger partial charge in [-0.3, -0.25) is 0 Å². The molecule has 0 bridgehead atoms. The molecule has 0 spiro atoms. The lowest BCUT2D eigenvalue weighted by molar-refractivity contribution is -0.140. The van der Waals surface area contributed by atoms with Crippen LogP contribution in [0.3, 0.4) is 0 Å². The molecule has 2 aromatic rings. The van der Waals surface area contributed by atoms with E-state index in [9.17, 15) is 17.6 Å². The number of halogens is 4. The first-order valence-electron chi connectivity index (χ1n) is 6.47. The van der Waals surface area contributed by atoms with Crippen LogP contribution in [0.1, 0.15) is 39.2 Å². The van der Waals surface area contributed by atoms with Crippen molar-refractivity contribution in [1.29, 1.82) is 0 Å². The number of fused-ring (bicyclic) bond motifs is 1. The molecule has 0 saturated heterocycles. The van der Waals surface area contributed by atoms with Gasteiger partial charge in [0.15, 0.2) is 0 Å². The lowest BCUT2D eigenvalue weighted by Gasteiger charge is -2.13. The van der Waals surface area contributed by atoms with Crippen molar-refractivity contribution < 1.29 is 17.6 Å². The van der Waals surface area contributed by atoms with Crippen LogP contribution in [0.4, 0.5) is 17.6 Å². The fourth-order valence-corrected chi connectivity index (χ4v) is 3.62. The van der Waals surface area contributed by atoms with Gasteiger partial charge in [-0.1, -0.05) is 6.07 Å². The Bertz CT molecular complexity index is 657. The molecule has 2 nitrogen and oxygen atoms in total. The summed E-state index contributed by atoms with van der Waals surface area (Å²) in [5.41, 5.74) is 5.91. The van der Waals surface area contributed by atoms with E-state index in [-0.39, 0.29) is 5.56 Å². The topological polar surface area (TPSA) is 38.9 Å². The standard InChI is InChI=1S/C14H12F4N2S/c15-9-5-4-7(6-8(9)14(16,17)18)12(19)13-20-10-2-1-3-11(10)21-13/h4-6,12H,1-3,19H2. The maximum absolute atomic E-state index is 13.3. The van der Waals surface area contributed by atoms with Crippen LogP contribution in [0.15, 0.2) is 18.2 Å². The largest absolute Gasteiger partial charge is 0.419 e. The molecule has 2 N–H and O–H groups in total. The van der Waals surface area contributed by atoms with E-state index in [1.807, 2.05) is 0 Å². The Kier molecular flexibility index (Phi) is 3.49. The molecule has 1 aromatic carbocycles. The van der Waals surface area contributed by atoms with Crippen LogP contribution in [-0.2, 0) is 19.0 Å². The zero-order valence-corrected chi connectivity index (χ0v) is 11.7. The number of rotatable bonds is 2. The summed E-state index contributed by atoms with van der Waals surface area (Å²) in [5.74, 6) is -1.29. The first-order valence-corrected chi connectivity index (χ1v) is 7.28. The van der Waals surface area contributed by atoms with Crippen molar-refractivity contribution in [2.75, 3.05) is 0 Å². The van der Waals surface area contributed by atoms with Gasteiger partial charge in [0.05, 0.1) is 17.3 Å². The van der Waals surface area contributed by atoms with Crippen molar-refractivity contribution in [3.63, 3.8) is 0 Å². The molecule has 21 heavy (non-hydrogen) atoms. The summed E-state index contributed by atoms with van der Waals surface area (Å²) >= 11 is 1.43. The van der Waals surface area contributed by atoms with Gasteiger partial charge < -0.3 is 5.73 Å². The molecule has 0 fully saturated rings. The van der Waals surface area contributed by atoms with E-state index >= 15 is 0 Å². The van der Waals surface area contributed by atoms with Gasteiger partial charge in [0.1, 0.15) is 10.8 Å². The van der Waals surface area contributed by atoms with Gasteiger partial charge in [-0.25, -0.2) is 9.37 Å². The first-order chi connectivity index (χ1) is 9.86. The predicted octanol–water partition coefficient (Wildman–Crippen LogP) is 3.84. The summed E-state index contributed by atoms with van der Waals surface area (Å²) in [5, 5.41) is 0.583. The van der Waals surface area contributed by atoms with Crippen LogP contribution >= 0.6 is 11.3 Å². The average Bonchev–Trinajstić information content (AvgIpc) is 2.97.